The minimum atomic E-state index is -0.434. The number of hydrogen-bond donors (Lipinski definition) is 3. The maximum Gasteiger partial charge on any atom is 0.409 e. The molecule has 1 aromatic heterocycles. The van der Waals surface area contributed by atoms with Crippen LogP contribution in [0, 0.1) is 17.8 Å². The topological polar surface area (TPSA) is 116 Å². The smallest absolute Gasteiger partial charge is 0.409 e. The molecule has 0 radical (unpaired) electrons. The number of carbonyl (C=O) groups is 2. The van der Waals surface area contributed by atoms with E-state index in [0.717, 1.165) is 19.3 Å². The van der Waals surface area contributed by atoms with Crippen LogP contribution in [0.4, 0.5) is 15.5 Å². The molecule has 9 nitrogen and oxygen atoms in total. The molecular weight excluding hydrogens is 362 g/mol. The van der Waals surface area contributed by atoms with Gasteiger partial charge in [-0.05, 0) is 37.0 Å². The lowest BCUT2D eigenvalue weighted by Crippen LogP contribution is -2.51. The summed E-state index contributed by atoms with van der Waals surface area (Å²) >= 11 is 0. The van der Waals surface area contributed by atoms with E-state index >= 15 is 0 Å². The third kappa shape index (κ3) is 5.71. The molecule has 0 bridgehead atoms. The predicted octanol–water partition coefficient (Wildman–Crippen LogP) is 2.48. The van der Waals surface area contributed by atoms with Gasteiger partial charge < -0.3 is 19.9 Å². The molecule has 2 atom stereocenters. The second-order valence-corrected chi connectivity index (χ2v) is 8.85. The van der Waals surface area contributed by atoms with Crippen LogP contribution in [0.5, 0.6) is 0 Å². The first-order valence-corrected chi connectivity index (χ1v) is 9.37. The third-order valence-corrected chi connectivity index (χ3v) is 5.22. The van der Waals surface area contributed by atoms with E-state index in [1.807, 2.05) is 0 Å². The van der Waals surface area contributed by atoms with E-state index in [2.05, 4.69) is 41.4 Å². The van der Waals surface area contributed by atoms with E-state index < -0.39 is 11.6 Å². The van der Waals surface area contributed by atoms with Gasteiger partial charge in [0, 0.05) is 31.4 Å². The zero-order valence-corrected chi connectivity index (χ0v) is 17.5. The Bertz CT molecular complexity index is 791. The minimum Gasteiger partial charge on any atom is -0.453 e. The fourth-order valence-corrected chi connectivity index (χ4v) is 4.36. The Balaban J connectivity index is 2.03. The van der Waals surface area contributed by atoms with Gasteiger partial charge in [0.15, 0.2) is 0 Å². The van der Waals surface area contributed by atoms with Crippen LogP contribution in [0.25, 0.3) is 0 Å². The van der Waals surface area contributed by atoms with Gasteiger partial charge in [0.25, 0.3) is 5.56 Å². The van der Waals surface area contributed by atoms with Crippen molar-refractivity contribution in [2.45, 2.75) is 53.0 Å². The van der Waals surface area contributed by atoms with Gasteiger partial charge in [-0.1, -0.05) is 20.8 Å². The number of amides is 3. The van der Waals surface area contributed by atoms with Crippen molar-refractivity contribution in [1.29, 1.82) is 0 Å². The first-order chi connectivity index (χ1) is 12.9. The van der Waals surface area contributed by atoms with Crippen LogP contribution in [-0.2, 0) is 4.74 Å². The Morgan fingerprint density at radius 1 is 1.36 bits per heavy atom. The summed E-state index contributed by atoms with van der Waals surface area (Å²) < 4.78 is 4.86. The number of nitrogens with one attached hydrogen (secondary N) is 3. The molecule has 1 saturated carbocycles. The van der Waals surface area contributed by atoms with Crippen LogP contribution in [0.1, 0.15) is 45.7 Å². The normalized spacial score (nSPS) is 23.6. The summed E-state index contributed by atoms with van der Waals surface area (Å²) in [5.74, 6) is 0.111. The Morgan fingerprint density at radius 3 is 2.64 bits per heavy atom. The quantitative estimate of drug-likeness (QED) is 0.727. The van der Waals surface area contributed by atoms with Crippen molar-refractivity contribution in [2.75, 3.05) is 26.0 Å². The second kappa shape index (κ2) is 8.20. The highest BCUT2D eigenvalue weighted by Crippen LogP contribution is 2.47. The fraction of sp³-hybridized carbons (Fsp3) is 0.684. The van der Waals surface area contributed by atoms with Crippen LogP contribution >= 0.6 is 0 Å². The zero-order chi connectivity index (χ0) is 21.1. The summed E-state index contributed by atoms with van der Waals surface area (Å²) in [4.78, 5) is 43.9. The number of carbonyl (C=O) groups excluding carboxylic acids is 2. The van der Waals surface area contributed by atoms with E-state index in [9.17, 15) is 14.4 Å². The molecule has 28 heavy (non-hydrogen) atoms. The van der Waals surface area contributed by atoms with Crippen LogP contribution in [0.3, 0.4) is 0 Å². The number of aromatic amines is 1. The molecule has 2 rings (SSSR count). The molecule has 1 aliphatic carbocycles. The van der Waals surface area contributed by atoms with E-state index in [0.29, 0.717) is 12.2 Å². The maximum atomic E-state index is 12.3. The highest BCUT2D eigenvalue weighted by Gasteiger charge is 2.43. The molecule has 9 heteroatoms. The number of nitrogens with zero attached hydrogens (tertiary/aromatic N) is 2. The zero-order valence-electron chi connectivity index (χ0n) is 17.5. The van der Waals surface area contributed by atoms with E-state index in [4.69, 9.17) is 4.74 Å². The number of methoxy groups -OCH3 is 1. The predicted molar refractivity (Wildman–Crippen MR) is 106 cm³/mol. The molecule has 3 N–H and O–H groups in total. The number of rotatable bonds is 4. The lowest BCUT2D eigenvalue weighted by Gasteiger charge is -2.48. The first-order valence-electron chi connectivity index (χ1n) is 9.37. The average molecular weight is 393 g/mol. The first kappa shape index (κ1) is 21.7. The number of anilines is 1. The monoisotopic (exact) mass is 393 g/mol. The highest BCUT2D eigenvalue weighted by molar-refractivity contribution is 5.87. The van der Waals surface area contributed by atoms with Crippen LogP contribution in [0.15, 0.2) is 10.9 Å². The van der Waals surface area contributed by atoms with Gasteiger partial charge in [-0.2, -0.15) is 4.98 Å². The number of hydrogen-bond acceptors (Lipinski definition) is 5. The Morgan fingerprint density at radius 2 is 2.04 bits per heavy atom. The SMILES string of the molecule is COC(=O)N(C)C1CC(C)(C)CC(C)(CNC(=O)Nc2nc(=O)cc(C)[nH]2)C1. The molecular formula is C19H31N5O4. The molecule has 0 aromatic carbocycles. The fourth-order valence-electron chi connectivity index (χ4n) is 4.36. The van der Waals surface area contributed by atoms with Gasteiger partial charge in [0.1, 0.15) is 0 Å². The van der Waals surface area contributed by atoms with Crippen molar-refractivity contribution in [3.63, 3.8) is 0 Å². The molecule has 1 aliphatic rings. The Hall–Kier alpha value is -2.58. The molecule has 156 valence electrons. The van der Waals surface area contributed by atoms with Gasteiger partial charge >= 0.3 is 12.1 Å². The molecule has 1 aromatic rings. The molecule has 0 aliphatic heterocycles. The van der Waals surface area contributed by atoms with Crippen molar-refractivity contribution in [3.8, 4) is 0 Å². The average Bonchev–Trinajstić information content (AvgIpc) is 2.56. The van der Waals surface area contributed by atoms with Gasteiger partial charge in [-0.15, -0.1) is 0 Å². The molecule has 3 amide bonds. The van der Waals surface area contributed by atoms with Crippen LogP contribution < -0.4 is 16.2 Å². The van der Waals surface area contributed by atoms with Crippen molar-refractivity contribution in [2.24, 2.45) is 10.8 Å². The Kier molecular flexibility index (Phi) is 6.36. The van der Waals surface area contributed by atoms with Crippen LogP contribution in [-0.4, -0.2) is 53.7 Å². The van der Waals surface area contributed by atoms with Gasteiger partial charge in [0.2, 0.25) is 5.95 Å². The second-order valence-electron chi connectivity index (χ2n) is 8.85. The van der Waals surface area contributed by atoms with Crippen molar-refractivity contribution in [1.82, 2.24) is 20.2 Å². The molecule has 0 spiro atoms. The summed E-state index contributed by atoms with van der Waals surface area (Å²) in [6.07, 6.45) is 2.17. The lowest BCUT2D eigenvalue weighted by atomic mass is 9.62. The summed E-state index contributed by atoms with van der Waals surface area (Å²) in [5.41, 5.74) is 0.0206. The maximum absolute atomic E-state index is 12.3. The summed E-state index contributed by atoms with van der Waals surface area (Å²) in [7, 11) is 3.12. The molecule has 1 heterocycles. The third-order valence-electron chi connectivity index (χ3n) is 5.22. The van der Waals surface area contributed by atoms with Gasteiger partial charge in [-0.3, -0.25) is 10.1 Å². The largest absolute Gasteiger partial charge is 0.453 e. The van der Waals surface area contributed by atoms with E-state index in [1.165, 1.54) is 13.2 Å². The standard InChI is InChI=1S/C19H31N5O4/c1-12-7-14(25)22-15(21-12)23-16(26)20-11-19(4)9-13(8-18(2,3)10-19)24(5)17(27)28-6/h7,13H,8-11H2,1-6H3,(H3,20,21,22,23,25,26). The number of H-pyrrole nitrogens is 1. The number of urea groups is 1. The summed E-state index contributed by atoms with van der Waals surface area (Å²) in [5, 5.41) is 5.44. The minimum absolute atomic E-state index is 0.0153. The number of aromatic nitrogens is 2. The van der Waals surface area contributed by atoms with Gasteiger partial charge in [0.05, 0.1) is 7.11 Å². The summed E-state index contributed by atoms with van der Waals surface area (Å²) in [6, 6.07) is 0.948. The summed E-state index contributed by atoms with van der Waals surface area (Å²) in [6.45, 7) is 8.60. The number of aryl methyl sites for hydroxylation is 1. The van der Waals surface area contributed by atoms with Gasteiger partial charge in [-0.25, -0.2) is 9.59 Å². The molecule has 1 fully saturated rings. The van der Waals surface area contributed by atoms with Crippen LogP contribution in [0.2, 0.25) is 0 Å². The highest BCUT2D eigenvalue weighted by atomic mass is 16.5. The number of ether oxygens (including phenoxy) is 1. The molecule has 0 saturated heterocycles. The Labute approximate surface area is 165 Å². The van der Waals surface area contributed by atoms with Crippen molar-refractivity contribution >= 4 is 18.1 Å². The van der Waals surface area contributed by atoms with Crippen molar-refractivity contribution < 1.29 is 14.3 Å². The van der Waals surface area contributed by atoms with Crippen molar-refractivity contribution in [3.05, 3.63) is 22.1 Å². The van der Waals surface area contributed by atoms with E-state index in [-0.39, 0.29) is 28.9 Å². The lowest BCUT2D eigenvalue weighted by molar-refractivity contribution is 0.0253. The van der Waals surface area contributed by atoms with E-state index in [1.54, 1.807) is 18.9 Å². The molecule has 2 unspecified atom stereocenters.